The van der Waals surface area contributed by atoms with Gasteiger partial charge in [-0.2, -0.15) is 0 Å². The van der Waals surface area contributed by atoms with Crippen molar-refractivity contribution >= 4 is 0 Å². The first-order chi connectivity index (χ1) is 5.83. The van der Waals surface area contributed by atoms with Crippen LogP contribution in [0.25, 0.3) is 0 Å². The largest absolute Gasteiger partial charge is 0.384 e. The summed E-state index contributed by atoms with van der Waals surface area (Å²) in [6.07, 6.45) is 1.04. The molecule has 0 aliphatic rings. The van der Waals surface area contributed by atoms with Gasteiger partial charge in [0.1, 0.15) is 0 Å². The minimum atomic E-state index is -0.00892. The van der Waals surface area contributed by atoms with Crippen LogP contribution >= 0.6 is 0 Å². The standard InChI is InChI=1S/C11H24O2/c1-7-11(4,5)13-9-10(2,3)8-12-6/h7-9H2,1-6H3. The van der Waals surface area contributed by atoms with Crippen LogP contribution in [0.4, 0.5) is 0 Å². The van der Waals surface area contributed by atoms with Crippen LogP contribution < -0.4 is 0 Å². The summed E-state index contributed by atoms with van der Waals surface area (Å²) >= 11 is 0. The Kier molecular flexibility index (Phi) is 4.93. The van der Waals surface area contributed by atoms with Crippen molar-refractivity contribution in [3.05, 3.63) is 0 Å². The van der Waals surface area contributed by atoms with Crippen LogP contribution in [-0.4, -0.2) is 25.9 Å². The van der Waals surface area contributed by atoms with E-state index in [1.807, 2.05) is 0 Å². The van der Waals surface area contributed by atoms with Gasteiger partial charge in [-0.15, -0.1) is 0 Å². The fourth-order valence-corrected chi connectivity index (χ4v) is 0.925. The lowest BCUT2D eigenvalue weighted by Crippen LogP contribution is -2.32. The molecule has 0 fully saturated rings. The molecule has 0 amide bonds. The first kappa shape index (κ1) is 12.9. The zero-order chi connectivity index (χ0) is 10.5. The van der Waals surface area contributed by atoms with Gasteiger partial charge in [0.15, 0.2) is 0 Å². The van der Waals surface area contributed by atoms with Crippen molar-refractivity contribution in [3.63, 3.8) is 0 Å². The smallest absolute Gasteiger partial charge is 0.0624 e. The van der Waals surface area contributed by atoms with Gasteiger partial charge in [-0.25, -0.2) is 0 Å². The highest BCUT2D eigenvalue weighted by Crippen LogP contribution is 2.21. The second kappa shape index (κ2) is 4.97. The monoisotopic (exact) mass is 188 g/mol. The van der Waals surface area contributed by atoms with E-state index in [4.69, 9.17) is 9.47 Å². The number of hydrogen-bond acceptors (Lipinski definition) is 2. The summed E-state index contributed by atoms with van der Waals surface area (Å²) in [6.45, 7) is 12.2. The first-order valence-corrected chi connectivity index (χ1v) is 4.96. The Morgan fingerprint density at radius 1 is 1.00 bits per heavy atom. The molecule has 0 saturated carbocycles. The van der Waals surface area contributed by atoms with E-state index in [0.29, 0.717) is 0 Å². The van der Waals surface area contributed by atoms with Gasteiger partial charge in [0.05, 0.1) is 18.8 Å². The molecule has 0 bridgehead atoms. The summed E-state index contributed by atoms with van der Waals surface area (Å²) in [5.41, 5.74) is 0.103. The highest BCUT2D eigenvalue weighted by atomic mass is 16.5. The van der Waals surface area contributed by atoms with Gasteiger partial charge in [0, 0.05) is 12.5 Å². The van der Waals surface area contributed by atoms with Gasteiger partial charge in [0.2, 0.25) is 0 Å². The maximum atomic E-state index is 5.82. The van der Waals surface area contributed by atoms with Crippen molar-refractivity contribution in [1.82, 2.24) is 0 Å². The minimum absolute atomic E-state index is 0.00892. The zero-order valence-electron chi connectivity index (χ0n) is 9.94. The Balaban J connectivity index is 3.86. The van der Waals surface area contributed by atoms with Gasteiger partial charge >= 0.3 is 0 Å². The summed E-state index contributed by atoms with van der Waals surface area (Å²) in [5.74, 6) is 0. The van der Waals surface area contributed by atoms with E-state index in [0.717, 1.165) is 19.6 Å². The molecule has 0 heterocycles. The molecule has 0 unspecified atom stereocenters. The molecular weight excluding hydrogens is 164 g/mol. The molecule has 0 aromatic carbocycles. The Labute approximate surface area is 82.6 Å². The second-order valence-corrected chi connectivity index (χ2v) is 5.00. The lowest BCUT2D eigenvalue weighted by Gasteiger charge is -2.30. The maximum Gasteiger partial charge on any atom is 0.0624 e. The Morgan fingerprint density at radius 2 is 1.54 bits per heavy atom. The molecule has 2 nitrogen and oxygen atoms in total. The van der Waals surface area contributed by atoms with Crippen LogP contribution in [0.3, 0.4) is 0 Å². The molecular formula is C11H24O2. The fraction of sp³-hybridized carbons (Fsp3) is 1.00. The molecule has 0 spiro atoms. The molecule has 0 aliphatic heterocycles. The molecule has 0 radical (unpaired) electrons. The van der Waals surface area contributed by atoms with Crippen LogP contribution in [-0.2, 0) is 9.47 Å². The van der Waals surface area contributed by atoms with E-state index in [1.54, 1.807) is 7.11 Å². The van der Waals surface area contributed by atoms with Crippen LogP contribution in [0.2, 0.25) is 0 Å². The molecule has 0 saturated heterocycles. The summed E-state index contributed by atoms with van der Waals surface area (Å²) < 4.78 is 10.9. The van der Waals surface area contributed by atoms with E-state index < -0.39 is 0 Å². The topological polar surface area (TPSA) is 18.5 Å². The van der Waals surface area contributed by atoms with E-state index in [2.05, 4.69) is 34.6 Å². The Hall–Kier alpha value is -0.0800. The van der Waals surface area contributed by atoms with Crippen molar-refractivity contribution < 1.29 is 9.47 Å². The SMILES string of the molecule is CCC(C)(C)OCC(C)(C)COC. The third kappa shape index (κ3) is 6.05. The van der Waals surface area contributed by atoms with Crippen molar-refractivity contribution in [2.45, 2.75) is 46.6 Å². The quantitative estimate of drug-likeness (QED) is 0.638. The Bertz CT molecular complexity index is 139. The van der Waals surface area contributed by atoms with Crippen LogP contribution in [0.1, 0.15) is 41.0 Å². The molecule has 13 heavy (non-hydrogen) atoms. The highest BCUT2D eigenvalue weighted by molar-refractivity contribution is 4.71. The highest BCUT2D eigenvalue weighted by Gasteiger charge is 2.23. The minimum Gasteiger partial charge on any atom is -0.384 e. The lowest BCUT2D eigenvalue weighted by molar-refractivity contribution is -0.0723. The van der Waals surface area contributed by atoms with E-state index in [9.17, 15) is 0 Å². The predicted molar refractivity (Wildman–Crippen MR) is 56.0 cm³/mol. The molecule has 0 aliphatic carbocycles. The van der Waals surface area contributed by atoms with E-state index >= 15 is 0 Å². The average molecular weight is 188 g/mol. The van der Waals surface area contributed by atoms with E-state index in [1.165, 1.54) is 0 Å². The second-order valence-electron chi connectivity index (χ2n) is 5.00. The third-order valence-electron chi connectivity index (χ3n) is 2.24. The zero-order valence-corrected chi connectivity index (χ0v) is 9.94. The number of hydrogen-bond donors (Lipinski definition) is 0. The van der Waals surface area contributed by atoms with Crippen LogP contribution in [0, 0.1) is 5.41 Å². The predicted octanol–water partition coefficient (Wildman–Crippen LogP) is 2.86. The summed E-state index contributed by atoms with van der Waals surface area (Å²) in [5, 5.41) is 0. The van der Waals surface area contributed by atoms with Gasteiger partial charge in [-0.1, -0.05) is 20.8 Å². The Morgan fingerprint density at radius 3 is 1.92 bits per heavy atom. The molecule has 0 rings (SSSR count). The molecule has 0 atom stereocenters. The summed E-state index contributed by atoms with van der Waals surface area (Å²) in [6, 6.07) is 0. The van der Waals surface area contributed by atoms with Crippen molar-refractivity contribution in [2.75, 3.05) is 20.3 Å². The fourth-order valence-electron chi connectivity index (χ4n) is 0.925. The molecule has 0 aromatic rings. The van der Waals surface area contributed by atoms with Crippen LogP contribution in [0.5, 0.6) is 0 Å². The lowest BCUT2D eigenvalue weighted by atomic mass is 9.95. The van der Waals surface area contributed by atoms with Crippen molar-refractivity contribution in [2.24, 2.45) is 5.41 Å². The molecule has 2 heteroatoms. The number of methoxy groups -OCH3 is 1. The van der Waals surface area contributed by atoms with Gasteiger partial charge in [-0.3, -0.25) is 0 Å². The van der Waals surface area contributed by atoms with Gasteiger partial charge in [-0.05, 0) is 20.3 Å². The van der Waals surface area contributed by atoms with Crippen LogP contribution in [0.15, 0.2) is 0 Å². The van der Waals surface area contributed by atoms with Crippen molar-refractivity contribution in [3.8, 4) is 0 Å². The maximum absolute atomic E-state index is 5.82. The van der Waals surface area contributed by atoms with Gasteiger partial charge < -0.3 is 9.47 Å². The first-order valence-electron chi connectivity index (χ1n) is 4.96. The van der Waals surface area contributed by atoms with Crippen molar-refractivity contribution in [1.29, 1.82) is 0 Å². The molecule has 0 aromatic heterocycles. The number of rotatable bonds is 6. The molecule has 80 valence electrons. The average Bonchev–Trinajstić information content (AvgIpc) is 2.02. The summed E-state index contributed by atoms with van der Waals surface area (Å²) in [7, 11) is 1.73. The normalized spacial score (nSPS) is 13.4. The third-order valence-corrected chi connectivity index (χ3v) is 2.24. The number of ether oxygens (including phenoxy) is 2. The van der Waals surface area contributed by atoms with E-state index in [-0.39, 0.29) is 11.0 Å². The van der Waals surface area contributed by atoms with Gasteiger partial charge in [0.25, 0.3) is 0 Å². The molecule has 0 N–H and O–H groups in total. The summed E-state index contributed by atoms with van der Waals surface area (Å²) in [4.78, 5) is 0.